The van der Waals surface area contributed by atoms with E-state index in [1.807, 2.05) is 6.07 Å². The molecular formula is C7H8ClIN2. The van der Waals surface area contributed by atoms with E-state index in [9.17, 15) is 0 Å². The number of nitrogen functional groups attached to an aromatic ring is 1. The third-order valence-electron chi connectivity index (χ3n) is 1.39. The second-order valence-corrected chi connectivity index (χ2v) is 3.74. The minimum Gasteiger partial charge on any atom is -0.398 e. The molecule has 0 bridgehead atoms. The van der Waals surface area contributed by atoms with Crippen molar-refractivity contribution in [2.75, 3.05) is 5.73 Å². The molecule has 11 heavy (non-hydrogen) atoms. The molecule has 2 nitrogen and oxygen atoms in total. The molecule has 0 atom stereocenters. The first kappa shape index (κ1) is 9.09. The van der Waals surface area contributed by atoms with Crippen LogP contribution in [0, 0.1) is 3.57 Å². The summed E-state index contributed by atoms with van der Waals surface area (Å²) >= 11 is 7.99. The van der Waals surface area contributed by atoms with E-state index < -0.39 is 0 Å². The van der Waals surface area contributed by atoms with Crippen LogP contribution in [0.15, 0.2) is 12.1 Å². The Morgan fingerprint density at radius 3 is 2.64 bits per heavy atom. The molecule has 4 N–H and O–H groups in total. The quantitative estimate of drug-likeness (QED) is 0.611. The van der Waals surface area contributed by atoms with Crippen molar-refractivity contribution in [3.05, 3.63) is 26.3 Å². The molecule has 0 amide bonds. The number of halogens is 2. The van der Waals surface area contributed by atoms with Crippen molar-refractivity contribution in [1.29, 1.82) is 0 Å². The van der Waals surface area contributed by atoms with Gasteiger partial charge in [0.25, 0.3) is 0 Å². The van der Waals surface area contributed by atoms with Gasteiger partial charge in [0.2, 0.25) is 0 Å². The highest BCUT2D eigenvalue weighted by atomic mass is 127. The molecule has 1 aromatic carbocycles. The molecule has 0 unspecified atom stereocenters. The number of rotatable bonds is 1. The first-order chi connectivity index (χ1) is 5.15. The zero-order valence-corrected chi connectivity index (χ0v) is 8.69. The lowest BCUT2D eigenvalue weighted by molar-refractivity contribution is 1.07. The molecule has 0 spiro atoms. The molecule has 0 aliphatic carbocycles. The maximum Gasteiger partial charge on any atom is 0.0472 e. The van der Waals surface area contributed by atoms with Crippen molar-refractivity contribution in [3.8, 4) is 0 Å². The predicted octanol–water partition coefficient (Wildman–Crippen LogP) is 1.99. The summed E-state index contributed by atoms with van der Waals surface area (Å²) in [6.07, 6.45) is 0. The Bertz CT molecular complexity index is 275. The van der Waals surface area contributed by atoms with Gasteiger partial charge in [-0.3, -0.25) is 0 Å². The van der Waals surface area contributed by atoms with Crippen LogP contribution in [0.4, 0.5) is 5.69 Å². The monoisotopic (exact) mass is 282 g/mol. The van der Waals surface area contributed by atoms with Gasteiger partial charge in [0.05, 0.1) is 0 Å². The SMILES string of the molecule is NCc1cc(I)c(N)cc1Cl. The van der Waals surface area contributed by atoms with Crippen LogP contribution < -0.4 is 11.5 Å². The Hall–Kier alpha value is -0.000000000000000111. The standard InChI is InChI=1S/C7H8ClIN2/c8-5-2-7(11)6(9)1-4(5)3-10/h1-2H,3,10-11H2. The summed E-state index contributed by atoms with van der Waals surface area (Å²) in [5.74, 6) is 0. The van der Waals surface area contributed by atoms with Gasteiger partial charge in [-0.1, -0.05) is 11.6 Å². The van der Waals surface area contributed by atoms with Crippen molar-refractivity contribution < 1.29 is 0 Å². The summed E-state index contributed by atoms with van der Waals surface area (Å²) in [5, 5.41) is 0.644. The molecule has 0 aliphatic heterocycles. The van der Waals surface area contributed by atoms with Crippen LogP contribution in [0.2, 0.25) is 5.02 Å². The molecular weight excluding hydrogens is 274 g/mol. The molecule has 1 rings (SSSR count). The van der Waals surface area contributed by atoms with Gasteiger partial charge in [-0.15, -0.1) is 0 Å². The lowest BCUT2D eigenvalue weighted by Crippen LogP contribution is -1.99. The molecule has 0 saturated heterocycles. The van der Waals surface area contributed by atoms with E-state index in [0.717, 1.165) is 9.13 Å². The van der Waals surface area contributed by atoms with Crippen LogP contribution in [0.25, 0.3) is 0 Å². The minimum atomic E-state index is 0.453. The Balaban J connectivity index is 3.21. The Morgan fingerprint density at radius 1 is 1.45 bits per heavy atom. The van der Waals surface area contributed by atoms with Gasteiger partial charge in [-0.25, -0.2) is 0 Å². The van der Waals surface area contributed by atoms with E-state index in [-0.39, 0.29) is 0 Å². The topological polar surface area (TPSA) is 52.0 Å². The van der Waals surface area contributed by atoms with E-state index in [1.54, 1.807) is 6.07 Å². The van der Waals surface area contributed by atoms with Crippen molar-refractivity contribution in [2.45, 2.75) is 6.54 Å². The van der Waals surface area contributed by atoms with Crippen LogP contribution in [-0.2, 0) is 6.54 Å². The van der Waals surface area contributed by atoms with Gasteiger partial charge in [-0.05, 0) is 40.3 Å². The van der Waals surface area contributed by atoms with Crippen LogP contribution in [-0.4, -0.2) is 0 Å². The van der Waals surface area contributed by atoms with E-state index >= 15 is 0 Å². The van der Waals surface area contributed by atoms with Crippen molar-refractivity contribution in [3.63, 3.8) is 0 Å². The summed E-state index contributed by atoms with van der Waals surface area (Å²) in [4.78, 5) is 0. The molecule has 0 fully saturated rings. The summed E-state index contributed by atoms with van der Waals surface area (Å²) < 4.78 is 0.993. The highest BCUT2D eigenvalue weighted by molar-refractivity contribution is 14.1. The van der Waals surface area contributed by atoms with Gasteiger partial charge in [0.1, 0.15) is 0 Å². The van der Waals surface area contributed by atoms with Crippen LogP contribution in [0.3, 0.4) is 0 Å². The van der Waals surface area contributed by atoms with Crippen LogP contribution in [0.5, 0.6) is 0 Å². The summed E-state index contributed by atoms with van der Waals surface area (Å²) in [5.41, 5.74) is 12.7. The minimum absolute atomic E-state index is 0.453. The second kappa shape index (κ2) is 3.60. The molecule has 60 valence electrons. The number of hydrogen-bond donors (Lipinski definition) is 2. The fraction of sp³-hybridized carbons (Fsp3) is 0.143. The smallest absolute Gasteiger partial charge is 0.0472 e. The first-order valence-corrected chi connectivity index (χ1v) is 4.54. The Labute approximate surface area is 84.0 Å². The molecule has 1 aromatic rings. The highest BCUT2D eigenvalue weighted by Crippen LogP contribution is 2.23. The van der Waals surface area contributed by atoms with E-state index in [2.05, 4.69) is 22.6 Å². The number of anilines is 1. The fourth-order valence-electron chi connectivity index (χ4n) is 0.760. The third-order valence-corrected chi connectivity index (χ3v) is 2.67. The van der Waals surface area contributed by atoms with E-state index in [1.165, 1.54) is 0 Å². The maximum atomic E-state index is 5.84. The second-order valence-electron chi connectivity index (χ2n) is 2.17. The summed E-state index contributed by atoms with van der Waals surface area (Å²) in [6, 6.07) is 3.63. The van der Waals surface area contributed by atoms with Crippen LogP contribution >= 0.6 is 34.2 Å². The maximum absolute atomic E-state index is 5.84. The largest absolute Gasteiger partial charge is 0.398 e. The molecule has 4 heteroatoms. The van der Waals surface area contributed by atoms with Gasteiger partial charge >= 0.3 is 0 Å². The average molecular weight is 283 g/mol. The van der Waals surface area contributed by atoms with Gasteiger partial charge in [-0.2, -0.15) is 0 Å². The molecule has 0 aromatic heterocycles. The number of nitrogens with two attached hydrogens (primary N) is 2. The number of benzene rings is 1. The summed E-state index contributed by atoms with van der Waals surface area (Å²) in [7, 11) is 0. The third kappa shape index (κ3) is 1.98. The molecule has 0 heterocycles. The van der Waals surface area contributed by atoms with E-state index in [4.69, 9.17) is 23.1 Å². The lowest BCUT2D eigenvalue weighted by atomic mass is 10.2. The Kier molecular flexibility index (Phi) is 2.98. The Morgan fingerprint density at radius 2 is 2.09 bits per heavy atom. The zero-order valence-electron chi connectivity index (χ0n) is 5.77. The number of hydrogen-bond acceptors (Lipinski definition) is 2. The van der Waals surface area contributed by atoms with E-state index in [0.29, 0.717) is 17.3 Å². The summed E-state index contributed by atoms with van der Waals surface area (Å²) in [6.45, 7) is 0.453. The van der Waals surface area contributed by atoms with Crippen molar-refractivity contribution in [1.82, 2.24) is 0 Å². The van der Waals surface area contributed by atoms with Crippen LogP contribution in [0.1, 0.15) is 5.56 Å². The van der Waals surface area contributed by atoms with Gasteiger partial charge in [0.15, 0.2) is 0 Å². The van der Waals surface area contributed by atoms with Gasteiger partial charge < -0.3 is 11.5 Å². The van der Waals surface area contributed by atoms with Crippen molar-refractivity contribution in [2.24, 2.45) is 5.73 Å². The molecule has 0 radical (unpaired) electrons. The zero-order chi connectivity index (χ0) is 8.43. The fourth-order valence-corrected chi connectivity index (χ4v) is 1.54. The predicted molar refractivity (Wildman–Crippen MR) is 56.5 cm³/mol. The lowest BCUT2D eigenvalue weighted by Gasteiger charge is -2.03. The first-order valence-electron chi connectivity index (χ1n) is 3.08. The molecule has 0 aliphatic rings. The van der Waals surface area contributed by atoms with Gasteiger partial charge in [0, 0.05) is 20.8 Å². The molecule has 0 saturated carbocycles. The average Bonchev–Trinajstić information content (AvgIpc) is 1.97. The normalized spacial score (nSPS) is 10.1. The van der Waals surface area contributed by atoms with Crippen molar-refractivity contribution >= 4 is 39.9 Å². The highest BCUT2D eigenvalue weighted by Gasteiger charge is 2.01.